The number of hydrogen-bond donors (Lipinski definition) is 1. The lowest BCUT2D eigenvalue weighted by molar-refractivity contribution is 0.0707. The van der Waals surface area contributed by atoms with Gasteiger partial charge in [0.15, 0.2) is 0 Å². The molecule has 0 spiro atoms. The first-order valence-corrected chi connectivity index (χ1v) is 9.09. The molecular weight excluding hydrogens is 368 g/mol. The number of amides is 1. The number of carbonyl (C=O) groups excluding carboxylic acids is 1. The van der Waals surface area contributed by atoms with Crippen LogP contribution in [0.5, 0.6) is 0 Å². The zero-order valence-electron chi connectivity index (χ0n) is 14.3. The second-order valence-electron chi connectivity index (χ2n) is 6.30. The highest BCUT2D eigenvalue weighted by Gasteiger charge is 2.22. The minimum absolute atomic E-state index is 0.116. The first-order chi connectivity index (χ1) is 11.5. The zero-order chi connectivity index (χ0) is 17.3. The summed E-state index contributed by atoms with van der Waals surface area (Å²) in [6, 6.07) is 8.23. The van der Waals surface area contributed by atoms with Crippen LogP contribution in [0.25, 0.3) is 5.69 Å². The number of benzene rings is 1. The Labute approximate surface area is 151 Å². The van der Waals surface area contributed by atoms with E-state index in [-0.39, 0.29) is 5.91 Å². The average Bonchev–Trinajstić information content (AvgIpc) is 2.89. The number of aromatic nitrogens is 2. The van der Waals surface area contributed by atoms with E-state index in [0.29, 0.717) is 6.04 Å². The molecule has 0 bridgehead atoms. The Morgan fingerprint density at radius 2 is 1.83 bits per heavy atom. The van der Waals surface area contributed by atoms with E-state index in [4.69, 9.17) is 0 Å². The fourth-order valence-electron chi connectivity index (χ4n) is 3.17. The van der Waals surface area contributed by atoms with Crippen molar-refractivity contribution in [3.63, 3.8) is 0 Å². The van der Waals surface area contributed by atoms with E-state index in [1.54, 1.807) is 0 Å². The van der Waals surface area contributed by atoms with Crippen LogP contribution in [0.4, 0.5) is 0 Å². The molecule has 0 atom stereocenters. The van der Waals surface area contributed by atoms with Crippen LogP contribution in [0.2, 0.25) is 0 Å². The highest BCUT2D eigenvalue weighted by Crippen LogP contribution is 2.23. The Kier molecular flexibility index (Phi) is 5.06. The molecule has 0 saturated carbocycles. The summed E-state index contributed by atoms with van der Waals surface area (Å²) in [5.41, 5.74) is 3.72. The predicted octanol–water partition coefficient (Wildman–Crippen LogP) is 3.08. The van der Waals surface area contributed by atoms with Gasteiger partial charge in [-0.25, -0.2) is 4.68 Å². The normalized spacial score (nSPS) is 15.8. The SMILES string of the molecule is CNC1CCN(C(=O)c2ccc(-n3nc(C)c(Br)c3C)cc2)CC1. The zero-order valence-corrected chi connectivity index (χ0v) is 15.9. The van der Waals surface area contributed by atoms with Crippen molar-refractivity contribution in [2.45, 2.75) is 32.7 Å². The van der Waals surface area contributed by atoms with Crippen LogP contribution >= 0.6 is 15.9 Å². The van der Waals surface area contributed by atoms with Crippen molar-refractivity contribution >= 4 is 21.8 Å². The Morgan fingerprint density at radius 3 is 2.33 bits per heavy atom. The lowest BCUT2D eigenvalue weighted by Gasteiger charge is -2.31. The van der Waals surface area contributed by atoms with Crippen LogP contribution in [0.15, 0.2) is 28.7 Å². The van der Waals surface area contributed by atoms with Gasteiger partial charge in [0.1, 0.15) is 0 Å². The van der Waals surface area contributed by atoms with Gasteiger partial charge in [-0.2, -0.15) is 5.10 Å². The number of likely N-dealkylation sites (tertiary alicyclic amines) is 1. The maximum atomic E-state index is 12.6. The van der Waals surface area contributed by atoms with E-state index in [0.717, 1.165) is 53.0 Å². The molecule has 5 nitrogen and oxygen atoms in total. The Morgan fingerprint density at radius 1 is 1.21 bits per heavy atom. The van der Waals surface area contributed by atoms with Crippen LogP contribution in [0, 0.1) is 13.8 Å². The predicted molar refractivity (Wildman–Crippen MR) is 98.7 cm³/mol. The topological polar surface area (TPSA) is 50.2 Å². The Hall–Kier alpha value is -1.66. The minimum Gasteiger partial charge on any atom is -0.339 e. The van der Waals surface area contributed by atoms with Gasteiger partial charge in [-0.3, -0.25) is 4.79 Å². The van der Waals surface area contributed by atoms with Crippen LogP contribution in [0.1, 0.15) is 34.6 Å². The largest absolute Gasteiger partial charge is 0.339 e. The van der Waals surface area contributed by atoms with E-state index < -0.39 is 0 Å². The molecule has 6 heteroatoms. The van der Waals surface area contributed by atoms with Crippen molar-refractivity contribution < 1.29 is 4.79 Å². The van der Waals surface area contributed by atoms with Crippen LogP contribution < -0.4 is 5.32 Å². The van der Waals surface area contributed by atoms with E-state index in [1.165, 1.54) is 0 Å². The summed E-state index contributed by atoms with van der Waals surface area (Å²) < 4.78 is 2.92. The molecule has 3 rings (SSSR count). The van der Waals surface area contributed by atoms with E-state index in [9.17, 15) is 4.79 Å². The van der Waals surface area contributed by atoms with Gasteiger partial charge in [0.05, 0.1) is 21.5 Å². The molecule has 1 aromatic heterocycles. The maximum Gasteiger partial charge on any atom is 0.253 e. The van der Waals surface area contributed by atoms with E-state index in [1.807, 2.05) is 54.7 Å². The van der Waals surface area contributed by atoms with E-state index in [2.05, 4.69) is 26.3 Å². The van der Waals surface area contributed by atoms with Crippen molar-refractivity contribution in [1.82, 2.24) is 20.0 Å². The molecule has 1 aliphatic rings. The molecule has 1 N–H and O–H groups in total. The molecule has 0 aliphatic carbocycles. The van der Waals surface area contributed by atoms with Gasteiger partial charge in [-0.15, -0.1) is 0 Å². The van der Waals surface area contributed by atoms with Crippen molar-refractivity contribution in [3.8, 4) is 5.69 Å². The van der Waals surface area contributed by atoms with Gasteiger partial charge < -0.3 is 10.2 Å². The molecule has 24 heavy (non-hydrogen) atoms. The fourth-order valence-corrected chi connectivity index (χ4v) is 3.42. The Bertz CT molecular complexity index is 730. The molecule has 1 fully saturated rings. The monoisotopic (exact) mass is 390 g/mol. The fraction of sp³-hybridized carbons (Fsp3) is 0.444. The molecule has 2 aromatic rings. The standard InChI is InChI=1S/C18H23BrN4O/c1-12-17(19)13(2)23(21-12)16-6-4-14(5-7-16)18(24)22-10-8-15(20-3)9-11-22/h4-7,15,20H,8-11H2,1-3H3. The van der Waals surface area contributed by atoms with Gasteiger partial charge >= 0.3 is 0 Å². The third-order valence-corrected chi connectivity index (χ3v) is 5.90. The summed E-state index contributed by atoms with van der Waals surface area (Å²) in [5, 5.41) is 7.82. The summed E-state index contributed by atoms with van der Waals surface area (Å²) in [4.78, 5) is 14.6. The van der Waals surface area contributed by atoms with Crippen LogP contribution in [-0.2, 0) is 0 Å². The van der Waals surface area contributed by atoms with Crippen molar-refractivity contribution in [2.24, 2.45) is 0 Å². The quantitative estimate of drug-likeness (QED) is 0.875. The number of nitrogens with zero attached hydrogens (tertiary/aromatic N) is 3. The third kappa shape index (κ3) is 3.26. The first-order valence-electron chi connectivity index (χ1n) is 8.30. The number of nitrogens with one attached hydrogen (secondary N) is 1. The molecular formula is C18H23BrN4O. The van der Waals surface area contributed by atoms with Crippen LogP contribution in [0.3, 0.4) is 0 Å². The minimum atomic E-state index is 0.116. The Balaban J connectivity index is 1.75. The summed E-state index contributed by atoms with van der Waals surface area (Å²) in [6.07, 6.45) is 2.03. The van der Waals surface area contributed by atoms with Gasteiger partial charge in [-0.1, -0.05) is 0 Å². The van der Waals surface area contributed by atoms with Gasteiger partial charge in [0, 0.05) is 24.7 Å². The van der Waals surface area contributed by atoms with Gasteiger partial charge in [-0.05, 0) is 73.9 Å². The molecule has 1 aromatic carbocycles. The number of carbonyl (C=O) groups is 1. The summed E-state index contributed by atoms with van der Waals surface area (Å²) in [6.45, 7) is 5.63. The molecule has 0 radical (unpaired) electrons. The molecule has 1 amide bonds. The summed E-state index contributed by atoms with van der Waals surface area (Å²) >= 11 is 3.55. The van der Waals surface area contributed by atoms with Crippen molar-refractivity contribution in [1.29, 1.82) is 0 Å². The highest BCUT2D eigenvalue weighted by molar-refractivity contribution is 9.10. The van der Waals surface area contributed by atoms with Crippen LogP contribution in [-0.4, -0.2) is 46.8 Å². The maximum absolute atomic E-state index is 12.6. The summed E-state index contributed by atoms with van der Waals surface area (Å²) in [5.74, 6) is 0.116. The van der Waals surface area contributed by atoms with Crippen molar-refractivity contribution in [2.75, 3.05) is 20.1 Å². The number of hydrogen-bond acceptors (Lipinski definition) is 3. The molecule has 1 saturated heterocycles. The van der Waals surface area contributed by atoms with Gasteiger partial charge in [0.2, 0.25) is 0 Å². The second kappa shape index (κ2) is 7.07. The number of halogens is 1. The lowest BCUT2D eigenvalue weighted by atomic mass is 10.0. The third-order valence-electron chi connectivity index (χ3n) is 4.75. The number of piperidine rings is 1. The smallest absolute Gasteiger partial charge is 0.253 e. The average molecular weight is 391 g/mol. The molecule has 128 valence electrons. The molecule has 0 unspecified atom stereocenters. The van der Waals surface area contributed by atoms with Crippen molar-refractivity contribution in [3.05, 3.63) is 45.7 Å². The second-order valence-corrected chi connectivity index (χ2v) is 7.09. The molecule has 1 aliphatic heterocycles. The summed E-state index contributed by atoms with van der Waals surface area (Å²) in [7, 11) is 1.98. The first kappa shape index (κ1) is 17.2. The highest BCUT2D eigenvalue weighted by atomic mass is 79.9. The number of aryl methyl sites for hydroxylation is 1. The van der Waals surface area contributed by atoms with E-state index >= 15 is 0 Å². The van der Waals surface area contributed by atoms with Gasteiger partial charge in [0.25, 0.3) is 5.91 Å². The number of rotatable bonds is 3. The molecule has 2 heterocycles. The lowest BCUT2D eigenvalue weighted by Crippen LogP contribution is -2.43.